The van der Waals surface area contributed by atoms with E-state index in [1.54, 1.807) is 0 Å². The molecule has 94 valence electrons. The van der Waals surface area contributed by atoms with Crippen LogP contribution in [0.2, 0.25) is 0 Å². The second-order valence-electron chi connectivity index (χ2n) is 4.60. The number of hydrogen-bond donors (Lipinski definition) is 0. The number of carbonyl (C=O) groups is 2. The molecule has 4 heteroatoms. The van der Waals surface area contributed by atoms with E-state index in [1.165, 1.54) is 0 Å². The van der Waals surface area contributed by atoms with Crippen molar-refractivity contribution in [1.29, 1.82) is 0 Å². The summed E-state index contributed by atoms with van der Waals surface area (Å²) in [5.74, 6) is -0.278. The van der Waals surface area contributed by atoms with Gasteiger partial charge in [0, 0.05) is 23.4 Å². The Morgan fingerprint density at radius 1 is 1.32 bits per heavy atom. The van der Waals surface area contributed by atoms with Crippen LogP contribution in [0.25, 0.3) is 10.9 Å². The zero-order valence-corrected chi connectivity index (χ0v) is 10.8. The topological polar surface area (TPSA) is 47.0 Å². The van der Waals surface area contributed by atoms with E-state index in [0.29, 0.717) is 18.3 Å². The van der Waals surface area contributed by atoms with Crippen LogP contribution < -0.4 is 5.46 Å². The van der Waals surface area contributed by atoms with Gasteiger partial charge in [0.2, 0.25) is 0 Å². The molecule has 3 nitrogen and oxygen atoms in total. The molecule has 1 heterocycles. The Morgan fingerprint density at radius 3 is 2.79 bits per heavy atom. The molecule has 1 aromatic carbocycles. The first kappa shape index (κ1) is 13.5. The summed E-state index contributed by atoms with van der Waals surface area (Å²) in [6.45, 7) is 1.87. The number of aryl methyl sites for hydroxylation is 1. The molecule has 19 heavy (non-hydrogen) atoms. The van der Waals surface area contributed by atoms with Crippen molar-refractivity contribution in [3.63, 3.8) is 0 Å². The lowest BCUT2D eigenvalue weighted by Gasteiger charge is -2.13. The Balaban J connectivity index is 2.47. The first-order valence-electron chi connectivity index (χ1n) is 6.21. The van der Waals surface area contributed by atoms with Gasteiger partial charge in [-0.05, 0) is 31.0 Å². The van der Waals surface area contributed by atoms with Crippen LogP contribution in [-0.4, -0.2) is 25.4 Å². The lowest BCUT2D eigenvalue weighted by Crippen LogP contribution is -2.06. The summed E-state index contributed by atoms with van der Waals surface area (Å²) in [5, 5.41) is 0.952. The predicted octanol–water partition coefficient (Wildman–Crippen LogP) is 1.60. The Labute approximate surface area is 113 Å². The SMILES string of the molecule is [B]c1ccc2cc(C(C=O)CCC=O)c(C)nc2c1. The number of hydrogen-bond acceptors (Lipinski definition) is 3. The van der Waals surface area contributed by atoms with Gasteiger partial charge in [-0.2, -0.15) is 0 Å². The summed E-state index contributed by atoms with van der Waals surface area (Å²) in [6, 6.07) is 7.47. The van der Waals surface area contributed by atoms with E-state index in [0.717, 1.165) is 34.7 Å². The molecule has 0 N–H and O–H groups in total. The van der Waals surface area contributed by atoms with Gasteiger partial charge in [0.25, 0.3) is 0 Å². The van der Waals surface area contributed by atoms with Gasteiger partial charge in [-0.3, -0.25) is 4.98 Å². The second kappa shape index (κ2) is 5.78. The maximum Gasteiger partial charge on any atom is 0.127 e. The van der Waals surface area contributed by atoms with Crippen LogP contribution in [0.3, 0.4) is 0 Å². The molecule has 2 rings (SSSR count). The van der Waals surface area contributed by atoms with E-state index in [-0.39, 0.29) is 5.92 Å². The van der Waals surface area contributed by atoms with Crippen molar-refractivity contribution in [2.45, 2.75) is 25.7 Å². The van der Waals surface area contributed by atoms with E-state index < -0.39 is 0 Å². The molecular formula is C15H14BNO2. The third-order valence-corrected chi connectivity index (χ3v) is 3.23. The van der Waals surface area contributed by atoms with Crippen LogP contribution in [0.1, 0.15) is 30.0 Å². The van der Waals surface area contributed by atoms with E-state index in [4.69, 9.17) is 7.85 Å². The standard InChI is InChI=1S/C15H14BNO2/c1-10-14(12(9-19)3-2-6-18)7-11-4-5-13(16)8-15(11)17-10/h4-9,12H,2-3H2,1H3. The predicted molar refractivity (Wildman–Crippen MR) is 76.0 cm³/mol. The monoisotopic (exact) mass is 251 g/mol. The van der Waals surface area contributed by atoms with Gasteiger partial charge in [0.05, 0.1) is 5.52 Å². The van der Waals surface area contributed by atoms with Crippen LogP contribution >= 0.6 is 0 Å². The summed E-state index contributed by atoms with van der Waals surface area (Å²) in [4.78, 5) is 26.1. The molecule has 0 amide bonds. The van der Waals surface area contributed by atoms with Crippen LogP contribution in [0, 0.1) is 6.92 Å². The number of aromatic nitrogens is 1. The summed E-state index contributed by atoms with van der Waals surface area (Å²) >= 11 is 0. The molecule has 0 aliphatic heterocycles. The molecule has 1 aromatic heterocycles. The van der Waals surface area contributed by atoms with Crippen LogP contribution in [0.4, 0.5) is 0 Å². The molecule has 0 fully saturated rings. The Kier molecular flexibility index (Phi) is 4.10. The van der Waals surface area contributed by atoms with Gasteiger partial charge in [-0.15, -0.1) is 0 Å². The molecule has 0 bridgehead atoms. The zero-order valence-electron chi connectivity index (χ0n) is 10.8. The lowest BCUT2D eigenvalue weighted by molar-refractivity contribution is -0.109. The Bertz CT molecular complexity index is 625. The van der Waals surface area contributed by atoms with Crippen molar-refractivity contribution in [1.82, 2.24) is 4.98 Å². The summed E-state index contributed by atoms with van der Waals surface area (Å²) in [6.07, 6.45) is 2.62. The molecule has 1 unspecified atom stereocenters. The number of pyridine rings is 1. The molecular weight excluding hydrogens is 237 g/mol. The normalized spacial score (nSPS) is 12.3. The van der Waals surface area contributed by atoms with Gasteiger partial charge in [-0.1, -0.05) is 17.6 Å². The first-order valence-corrected chi connectivity index (χ1v) is 6.21. The molecule has 2 aromatic rings. The summed E-state index contributed by atoms with van der Waals surface area (Å²) in [5.41, 5.74) is 3.18. The zero-order chi connectivity index (χ0) is 13.8. The molecule has 0 saturated carbocycles. The van der Waals surface area contributed by atoms with Crippen molar-refractivity contribution < 1.29 is 9.59 Å². The summed E-state index contributed by atoms with van der Waals surface area (Å²) in [7, 11) is 5.73. The van der Waals surface area contributed by atoms with Crippen molar-refractivity contribution in [2.75, 3.05) is 0 Å². The number of fused-ring (bicyclic) bond motifs is 1. The minimum absolute atomic E-state index is 0.278. The number of rotatable bonds is 5. The van der Waals surface area contributed by atoms with Gasteiger partial charge < -0.3 is 9.59 Å². The quantitative estimate of drug-likeness (QED) is 0.599. The lowest BCUT2D eigenvalue weighted by atomic mass is 9.91. The van der Waals surface area contributed by atoms with Gasteiger partial charge in [-0.25, -0.2) is 0 Å². The fourth-order valence-electron chi connectivity index (χ4n) is 2.22. The van der Waals surface area contributed by atoms with Crippen molar-refractivity contribution in [3.8, 4) is 0 Å². The van der Waals surface area contributed by atoms with Gasteiger partial charge in [0.1, 0.15) is 20.4 Å². The highest BCUT2D eigenvalue weighted by atomic mass is 16.1. The number of nitrogens with zero attached hydrogens (tertiary/aromatic N) is 1. The van der Waals surface area contributed by atoms with E-state index in [9.17, 15) is 9.59 Å². The maximum atomic E-state index is 11.2. The highest BCUT2D eigenvalue weighted by molar-refractivity contribution is 6.33. The number of aldehydes is 2. The average molecular weight is 251 g/mol. The molecule has 2 radical (unpaired) electrons. The molecule has 0 aliphatic rings. The minimum atomic E-state index is -0.278. The summed E-state index contributed by atoms with van der Waals surface area (Å²) < 4.78 is 0. The third kappa shape index (κ3) is 2.89. The average Bonchev–Trinajstić information content (AvgIpc) is 2.40. The second-order valence-corrected chi connectivity index (χ2v) is 4.60. The largest absolute Gasteiger partial charge is 0.303 e. The van der Waals surface area contributed by atoms with Crippen molar-refractivity contribution in [2.24, 2.45) is 0 Å². The van der Waals surface area contributed by atoms with Crippen molar-refractivity contribution >= 4 is 36.8 Å². The first-order chi connectivity index (χ1) is 9.15. The van der Waals surface area contributed by atoms with Gasteiger partial charge in [0.15, 0.2) is 0 Å². The number of benzene rings is 1. The van der Waals surface area contributed by atoms with Gasteiger partial charge >= 0.3 is 0 Å². The Morgan fingerprint density at radius 2 is 2.11 bits per heavy atom. The fourth-order valence-corrected chi connectivity index (χ4v) is 2.22. The van der Waals surface area contributed by atoms with E-state index in [2.05, 4.69) is 4.98 Å². The number of carbonyl (C=O) groups excluding carboxylic acids is 2. The Hall–Kier alpha value is -1.97. The van der Waals surface area contributed by atoms with Crippen LogP contribution in [-0.2, 0) is 9.59 Å². The fraction of sp³-hybridized carbons (Fsp3) is 0.267. The van der Waals surface area contributed by atoms with E-state index in [1.807, 2.05) is 31.2 Å². The molecule has 0 spiro atoms. The minimum Gasteiger partial charge on any atom is -0.303 e. The smallest absolute Gasteiger partial charge is 0.127 e. The maximum absolute atomic E-state index is 11.2. The third-order valence-electron chi connectivity index (χ3n) is 3.23. The molecule has 0 saturated heterocycles. The molecule has 1 atom stereocenters. The van der Waals surface area contributed by atoms with Crippen LogP contribution in [0.15, 0.2) is 24.3 Å². The van der Waals surface area contributed by atoms with Crippen molar-refractivity contribution in [3.05, 3.63) is 35.5 Å². The van der Waals surface area contributed by atoms with E-state index >= 15 is 0 Å². The molecule has 0 aliphatic carbocycles. The van der Waals surface area contributed by atoms with Crippen LogP contribution in [0.5, 0.6) is 0 Å². The highest BCUT2D eigenvalue weighted by Crippen LogP contribution is 2.24. The highest BCUT2D eigenvalue weighted by Gasteiger charge is 2.14.